The van der Waals surface area contributed by atoms with Crippen LogP contribution in [0.15, 0.2) is 24.3 Å². The first-order chi connectivity index (χ1) is 8.20. The number of nitrogens with two attached hydrogens (primary N) is 1. The van der Waals surface area contributed by atoms with Crippen molar-refractivity contribution < 1.29 is 9.59 Å². The van der Waals surface area contributed by atoms with Crippen LogP contribution in [0.4, 0.5) is 0 Å². The third-order valence-corrected chi connectivity index (χ3v) is 3.24. The van der Waals surface area contributed by atoms with Crippen LogP contribution in [0.3, 0.4) is 0 Å². The highest BCUT2D eigenvalue weighted by atomic mass is 16.1. The van der Waals surface area contributed by atoms with Crippen molar-refractivity contribution in [3.05, 3.63) is 35.4 Å². The molecular formula is C13H16N2O2. The van der Waals surface area contributed by atoms with Crippen molar-refractivity contribution in [2.24, 2.45) is 5.73 Å². The molecule has 0 aliphatic carbocycles. The molecule has 1 unspecified atom stereocenters. The number of amides is 2. The molecule has 0 saturated carbocycles. The molecule has 1 aromatic rings. The molecule has 1 saturated heterocycles. The van der Waals surface area contributed by atoms with E-state index in [0.717, 1.165) is 37.9 Å². The highest BCUT2D eigenvalue weighted by Gasteiger charge is 2.20. The Bertz CT molecular complexity index is 431. The summed E-state index contributed by atoms with van der Waals surface area (Å²) in [5.41, 5.74) is 6.88. The van der Waals surface area contributed by atoms with Gasteiger partial charge >= 0.3 is 0 Å². The largest absolute Gasteiger partial charge is 0.366 e. The summed E-state index contributed by atoms with van der Waals surface area (Å²) in [5, 5.41) is 0. The van der Waals surface area contributed by atoms with Crippen LogP contribution in [-0.4, -0.2) is 30.3 Å². The zero-order valence-electron chi connectivity index (χ0n) is 9.63. The molecule has 2 rings (SSSR count). The lowest BCUT2D eigenvalue weighted by Gasteiger charge is -2.30. The second kappa shape index (κ2) is 4.99. The highest BCUT2D eigenvalue weighted by molar-refractivity contribution is 5.92. The standard InChI is InChI=1S/C13H16N2O2/c14-13(17)11-4-1-3-10(7-11)12-5-2-6-15(8-12)9-16/h1,3-4,7,9,12H,2,5-6,8H2,(H2,14,17). The summed E-state index contributed by atoms with van der Waals surface area (Å²) in [6.45, 7) is 1.56. The van der Waals surface area contributed by atoms with Crippen LogP contribution in [0.1, 0.15) is 34.7 Å². The van der Waals surface area contributed by atoms with Crippen LogP contribution in [0.2, 0.25) is 0 Å². The fourth-order valence-electron chi connectivity index (χ4n) is 2.32. The van der Waals surface area contributed by atoms with Crippen molar-refractivity contribution in [3.63, 3.8) is 0 Å². The average Bonchev–Trinajstić information content (AvgIpc) is 2.39. The van der Waals surface area contributed by atoms with E-state index in [1.807, 2.05) is 18.2 Å². The van der Waals surface area contributed by atoms with Crippen LogP contribution < -0.4 is 5.73 Å². The highest BCUT2D eigenvalue weighted by Crippen LogP contribution is 2.26. The van der Waals surface area contributed by atoms with Crippen molar-refractivity contribution >= 4 is 12.3 Å². The van der Waals surface area contributed by atoms with Crippen LogP contribution in [0, 0.1) is 0 Å². The topological polar surface area (TPSA) is 63.4 Å². The fraction of sp³-hybridized carbons (Fsp3) is 0.385. The minimum atomic E-state index is -0.407. The van der Waals surface area contributed by atoms with E-state index < -0.39 is 5.91 Å². The van der Waals surface area contributed by atoms with Gasteiger partial charge in [0.1, 0.15) is 0 Å². The number of carbonyl (C=O) groups excluding carboxylic acids is 2. The fourth-order valence-corrected chi connectivity index (χ4v) is 2.32. The molecule has 2 amide bonds. The Labute approximate surface area is 100 Å². The lowest BCUT2D eigenvalue weighted by molar-refractivity contribution is -0.119. The molecule has 1 heterocycles. The van der Waals surface area contributed by atoms with E-state index in [1.165, 1.54) is 0 Å². The Balaban J connectivity index is 2.18. The summed E-state index contributed by atoms with van der Waals surface area (Å²) in [4.78, 5) is 23.7. The summed E-state index contributed by atoms with van der Waals surface area (Å²) in [6, 6.07) is 7.38. The predicted octanol–water partition coefficient (Wildman–Crippen LogP) is 1.12. The lowest BCUT2D eigenvalue weighted by Crippen LogP contribution is -2.33. The average molecular weight is 232 g/mol. The molecule has 0 aromatic heterocycles. The van der Waals surface area contributed by atoms with E-state index >= 15 is 0 Å². The van der Waals surface area contributed by atoms with Gasteiger partial charge in [0.05, 0.1) is 0 Å². The molecule has 90 valence electrons. The summed E-state index contributed by atoms with van der Waals surface area (Å²) in [5.74, 6) is -0.0943. The molecule has 1 fully saturated rings. The maximum atomic E-state index is 11.1. The van der Waals surface area contributed by atoms with Gasteiger partial charge in [-0.3, -0.25) is 9.59 Å². The molecular weight excluding hydrogens is 216 g/mol. The molecule has 0 bridgehead atoms. The van der Waals surface area contributed by atoms with Gasteiger partial charge in [-0.2, -0.15) is 0 Å². The monoisotopic (exact) mass is 232 g/mol. The summed E-state index contributed by atoms with van der Waals surface area (Å²) in [7, 11) is 0. The summed E-state index contributed by atoms with van der Waals surface area (Å²) in [6.07, 6.45) is 2.95. The smallest absolute Gasteiger partial charge is 0.248 e. The number of carbonyl (C=O) groups is 2. The van der Waals surface area contributed by atoms with Gasteiger partial charge in [0.2, 0.25) is 12.3 Å². The maximum absolute atomic E-state index is 11.1. The SMILES string of the molecule is NC(=O)c1cccc(C2CCCN(C=O)C2)c1. The zero-order chi connectivity index (χ0) is 12.3. The Hall–Kier alpha value is -1.84. The molecule has 0 radical (unpaired) electrons. The van der Waals surface area contributed by atoms with Crippen molar-refractivity contribution in [1.82, 2.24) is 4.90 Å². The Morgan fingerprint density at radius 1 is 1.47 bits per heavy atom. The number of likely N-dealkylation sites (tertiary alicyclic amines) is 1. The van der Waals surface area contributed by atoms with Crippen molar-refractivity contribution in [1.29, 1.82) is 0 Å². The van der Waals surface area contributed by atoms with Gasteiger partial charge in [-0.15, -0.1) is 0 Å². The molecule has 4 nitrogen and oxygen atoms in total. The second-order valence-corrected chi connectivity index (χ2v) is 4.43. The van der Waals surface area contributed by atoms with Crippen LogP contribution in [-0.2, 0) is 4.79 Å². The van der Waals surface area contributed by atoms with E-state index in [4.69, 9.17) is 5.73 Å². The van der Waals surface area contributed by atoms with Crippen molar-refractivity contribution in [2.45, 2.75) is 18.8 Å². The van der Waals surface area contributed by atoms with E-state index in [-0.39, 0.29) is 0 Å². The molecule has 4 heteroatoms. The van der Waals surface area contributed by atoms with Gasteiger partial charge in [-0.25, -0.2) is 0 Å². The number of piperidine rings is 1. The van der Waals surface area contributed by atoms with Crippen LogP contribution >= 0.6 is 0 Å². The molecule has 1 aliphatic heterocycles. The maximum Gasteiger partial charge on any atom is 0.248 e. The normalized spacial score (nSPS) is 20.0. The number of rotatable bonds is 3. The first-order valence-corrected chi connectivity index (χ1v) is 5.80. The Kier molecular flexibility index (Phi) is 3.42. The lowest BCUT2D eigenvalue weighted by atomic mass is 9.90. The minimum Gasteiger partial charge on any atom is -0.366 e. The van der Waals surface area contributed by atoms with Gasteiger partial charge in [0, 0.05) is 24.6 Å². The van der Waals surface area contributed by atoms with Gasteiger partial charge in [-0.05, 0) is 30.5 Å². The second-order valence-electron chi connectivity index (χ2n) is 4.43. The predicted molar refractivity (Wildman–Crippen MR) is 64.6 cm³/mol. The van der Waals surface area contributed by atoms with E-state index in [1.54, 1.807) is 11.0 Å². The molecule has 0 spiro atoms. The Morgan fingerprint density at radius 3 is 3.00 bits per heavy atom. The first kappa shape index (κ1) is 11.6. The molecule has 2 N–H and O–H groups in total. The quantitative estimate of drug-likeness (QED) is 0.794. The number of nitrogens with zero attached hydrogens (tertiary/aromatic N) is 1. The number of hydrogen-bond donors (Lipinski definition) is 1. The van der Waals surface area contributed by atoms with E-state index in [9.17, 15) is 9.59 Å². The number of hydrogen-bond acceptors (Lipinski definition) is 2. The van der Waals surface area contributed by atoms with Gasteiger partial charge < -0.3 is 10.6 Å². The van der Waals surface area contributed by atoms with Crippen LogP contribution in [0.25, 0.3) is 0 Å². The third kappa shape index (κ3) is 2.64. The third-order valence-electron chi connectivity index (χ3n) is 3.24. The zero-order valence-corrected chi connectivity index (χ0v) is 9.63. The van der Waals surface area contributed by atoms with Gasteiger partial charge in [0.15, 0.2) is 0 Å². The van der Waals surface area contributed by atoms with Crippen molar-refractivity contribution in [3.8, 4) is 0 Å². The molecule has 1 aromatic carbocycles. The summed E-state index contributed by atoms with van der Waals surface area (Å²) >= 11 is 0. The Morgan fingerprint density at radius 2 is 2.29 bits per heavy atom. The van der Waals surface area contributed by atoms with Gasteiger partial charge in [-0.1, -0.05) is 12.1 Å². The summed E-state index contributed by atoms with van der Waals surface area (Å²) < 4.78 is 0. The number of primary amides is 1. The number of benzene rings is 1. The first-order valence-electron chi connectivity index (χ1n) is 5.80. The van der Waals surface area contributed by atoms with Gasteiger partial charge in [0.25, 0.3) is 0 Å². The molecule has 1 atom stereocenters. The van der Waals surface area contributed by atoms with E-state index in [0.29, 0.717) is 11.5 Å². The molecule has 17 heavy (non-hydrogen) atoms. The van der Waals surface area contributed by atoms with E-state index in [2.05, 4.69) is 0 Å². The molecule has 1 aliphatic rings. The van der Waals surface area contributed by atoms with Crippen LogP contribution in [0.5, 0.6) is 0 Å². The van der Waals surface area contributed by atoms with Crippen molar-refractivity contribution in [2.75, 3.05) is 13.1 Å². The minimum absolute atomic E-state index is 0.313.